The highest BCUT2D eigenvalue weighted by molar-refractivity contribution is 6.07. The third-order valence-corrected chi connectivity index (χ3v) is 5.91. The Kier molecular flexibility index (Phi) is 4.92. The van der Waals surface area contributed by atoms with E-state index in [-0.39, 0.29) is 5.91 Å². The average molecular weight is 377 g/mol. The van der Waals surface area contributed by atoms with E-state index in [2.05, 4.69) is 48.1 Å². The number of likely N-dealkylation sites (tertiary alicyclic amines) is 1. The normalized spacial score (nSPS) is 17.3. The second kappa shape index (κ2) is 7.38. The van der Waals surface area contributed by atoms with Crippen molar-refractivity contribution in [2.75, 3.05) is 6.54 Å². The molecule has 5 nitrogen and oxygen atoms in total. The van der Waals surface area contributed by atoms with Gasteiger partial charge in [0, 0.05) is 25.2 Å². The molecule has 0 bridgehead atoms. The Morgan fingerprint density at radius 1 is 1.18 bits per heavy atom. The number of piperidine rings is 1. The molecule has 1 aliphatic heterocycles. The summed E-state index contributed by atoms with van der Waals surface area (Å²) >= 11 is 0. The van der Waals surface area contributed by atoms with E-state index < -0.39 is 0 Å². The van der Waals surface area contributed by atoms with Crippen molar-refractivity contribution in [3.05, 3.63) is 47.2 Å². The molecule has 0 N–H and O–H groups in total. The molecule has 0 saturated carbocycles. The minimum absolute atomic E-state index is 0.114. The predicted octanol–water partition coefficient (Wildman–Crippen LogP) is 4.66. The molecule has 1 saturated heterocycles. The molecule has 0 aliphatic carbocycles. The van der Waals surface area contributed by atoms with E-state index in [0.717, 1.165) is 59.4 Å². The summed E-state index contributed by atoms with van der Waals surface area (Å²) in [4.78, 5) is 20.6. The SMILES string of the molecule is CCC1CCCCN1C(=O)c1cc(-c2ccc(C)cc2)nc2c1c(C)nn2C. The lowest BCUT2D eigenvalue weighted by molar-refractivity contribution is 0.0610. The summed E-state index contributed by atoms with van der Waals surface area (Å²) in [6.45, 7) is 7.03. The van der Waals surface area contributed by atoms with Crippen molar-refractivity contribution in [1.82, 2.24) is 19.7 Å². The fourth-order valence-corrected chi connectivity index (χ4v) is 4.33. The lowest BCUT2D eigenvalue weighted by atomic mass is 9.97. The lowest BCUT2D eigenvalue weighted by Gasteiger charge is -2.35. The van der Waals surface area contributed by atoms with Crippen molar-refractivity contribution >= 4 is 16.9 Å². The van der Waals surface area contributed by atoms with Crippen LogP contribution in [0.15, 0.2) is 30.3 Å². The van der Waals surface area contributed by atoms with Gasteiger partial charge in [0.2, 0.25) is 0 Å². The fraction of sp³-hybridized carbons (Fsp3) is 0.435. The van der Waals surface area contributed by atoms with Crippen molar-refractivity contribution in [3.8, 4) is 11.3 Å². The second-order valence-electron chi connectivity index (χ2n) is 7.89. The van der Waals surface area contributed by atoms with E-state index in [1.807, 2.05) is 20.0 Å². The van der Waals surface area contributed by atoms with Crippen LogP contribution in [0, 0.1) is 13.8 Å². The first-order chi connectivity index (χ1) is 13.5. The molecular weight excluding hydrogens is 348 g/mol. The van der Waals surface area contributed by atoms with E-state index >= 15 is 0 Å². The number of aromatic nitrogens is 3. The third-order valence-electron chi connectivity index (χ3n) is 5.91. The molecule has 1 aromatic carbocycles. The van der Waals surface area contributed by atoms with E-state index in [4.69, 9.17) is 4.98 Å². The number of hydrogen-bond donors (Lipinski definition) is 0. The number of carbonyl (C=O) groups excluding carboxylic acids is 1. The van der Waals surface area contributed by atoms with Gasteiger partial charge in [-0.3, -0.25) is 9.48 Å². The Bertz CT molecular complexity index is 1020. The molecule has 28 heavy (non-hydrogen) atoms. The van der Waals surface area contributed by atoms with Crippen molar-refractivity contribution in [2.45, 2.75) is 52.5 Å². The van der Waals surface area contributed by atoms with Crippen LogP contribution in [0.5, 0.6) is 0 Å². The molecule has 1 unspecified atom stereocenters. The molecule has 3 aromatic rings. The zero-order chi connectivity index (χ0) is 19.8. The summed E-state index contributed by atoms with van der Waals surface area (Å²) in [5, 5.41) is 5.43. The van der Waals surface area contributed by atoms with Gasteiger partial charge in [-0.05, 0) is 45.6 Å². The summed E-state index contributed by atoms with van der Waals surface area (Å²) in [7, 11) is 1.89. The summed E-state index contributed by atoms with van der Waals surface area (Å²) < 4.78 is 1.78. The van der Waals surface area contributed by atoms with Gasteiger partial charge in [0.25, 0.3) is 5.91 Å². The Labute approximate surface area is 166 Å². The highest BCUT2D eigenvalue weighted by Gasteiger charge is 2.29. The third kappa shape index (κ3) is 3.19. The number of pyridine rings is 1. The van der Waals surface area contributed by atoms with Crippen molar-refractivity contribution < 1.29 is 4.79 Å². The largest absolute Gasteiger partial charge is 0.336 e. The number of fused-ring (bicyclic) bond motifs is 1. The number of benzene rings is 1. The lowest BCUT2D eigenvalue weighted by Crippen LogP contribution is -2.43. The number of hydrogen-bond acceptors (Lipinski definition) is 3. The van der Waals surface area contributed by atoms with Crippen molar-refractivity contribution in [3.63, 3.8) is 0 Å². The average Bonchev–Trinajstić information content (AvgIpc) is 3.01. The number of carbonyl (C=O) groups is 1. The van der Waals surface area contributed by atoms with Gasteiger partial charge in [-0.15, -0.1) is 0 Å². The fourth-order valence-electron chi connectivity index (χ4n) is 4.33. The first kappa shape index (κ1) is 18.7. The van der Waals surface area contributed by atoms with Gasteiger partial charge >= 0.3 is 0 Å². The Hall–Kier alpha value is -2.69. The van der Waals surface area contributed by atoms with Crippen molar-refractivity contribution in [2.24, 2.45) is 7.05 Å². The smallest absolute Gasteiger partial charge is 0.254 e. The minimum Gasteiger partial charge on any atom is -0.336 e. The maximum Gasteiger partial charge on any atom is 0.254 e. The Morgan fingerprint density at radius 2 is 1.93 bits per heavy atom. The van der Waals surface area contributed by atoms with Gasteiger partial charge in [-0.1, -0.05) is 36.8 Å². The molecule has 146 valence electrons. The van der Waals surface area contributed by atoms with Crippen LogP contribution in [0.1, 0.15) is 54.2 Å². The predicted molar refractivity (Wildman–Crippen MR) is 112 cm³/mol. The van der Waals surface area contributed by atoms with Crippen LogP contribution in [0.3, 0.4) is 0 Å². The molecule has 4 rings (SSSR count). The van der Waals surface area contributed by atoms with Gasteiger partial charge in [0.05, 0.1) is 22.3 Å². The highest BCUT2D eigenvalue weighted by Crippen LogP contribution is 2.30. The zero-order valence-corrected chi connectivity index (χ0v) is 17.2. The second-order valence-corrected chi connectivity index (χ2v) is 7.89. The van der Waals surface area contributed by atoms with Crippen molar-refractivity contribution in [1.29, 1.82) is 0 Å². The van der Waals surface area contributed by atoms with Crippen LogP contribution in [0.25, 0.3) is 22.3 Å². The molecule has 1 amide bonds. The minimum atomic E-state index is 0.114. The molecule has 3 heterocycles. The van der Waals surface area contributed by atoms with Crippen LogP contribution in [0.4, 0.5) is 0 Å². The molecular formula is C23H28N4O. The number of rotatable bonds is 3. The van der Waals surface area contributed by atoms with Crippen LogP contribution < -0.4 is 0 Å². The number of nitrogens with zero attached hydrogens (tertiary/aromatic N) is 4. The van der Waals surface area contributed by atoms with E-state index in [9.17, 15) is 4.79 Å². The van der Waals surface area contributed by atoms with Gasteiger partial charge in [-0.2, -0.15) is 5.10 Å². The molecule has 5 heteroatoms. The molecule has 1 atom stereocenters. The first-order valence-electron chi connectivity index (χ1n) is 10.2. The van der Waals surface area contributed by atoms with Gasteiger partial charge in [-0.25, -0.2) is 4.98 Å². The Morgan fingerprint density at radius 3 is 2.64 bits per heavy atom. The highest BCUT2D eigenvalue weighted by atomic mass is 16.2. The van der Waals surface area contributed by atoms with Gasteiger partial charge in [0.15, 0.2) is 5.65 Å². The topological polar surface area (TPSA) is 51.0 Å². The summed E-state index contributed by atoms with van der Waals surface area (Å²) in [6.07, 6.45) is 4.37. The van der Waals surface area contributed by atoms with Crippen LogP contribution in [0.2, 0.25) is 0 Å². The molecule has 0 radical (unpaired) electrons. The monoisotopic (exact) mass is 376 g/mol. The molecule has 0 spiro atoms. The maximum absolute atomic E-state index is 13.6. The number of aryl methyl sites for hydroxylation is 3. The first-order valence-corrected chi connectivity index (χ1v) is 10.2. The standard InChI is InChI=1S/C23H28N4O/c1-5-18-8-6-7-13-27(18)23(28)19-14-20(17-11-9-15(2)10-12-17)24-22-21(19)16(3)25-26(22)4/h9-12,14,18H,5-8,13H2,1-4H3. The molecule has 2 aromatic heterocycles. The Balaban J connectivity index is 1.88. The summed E-state index contributed by atoms with van der Waals surface area (Å²) in [5.41, 5.74) is 5.40. The quantitative estimate of drug-likeness (QED) is 0.668. The van der Waals surface area contributed by atoms with E-state index in [0.29, 0.717) is 6.04 Å². The van der Waals surface area contributed by atoms with E-state index in [1.54, 1.807) is 4.68 Å². The van der Waals surface area contributed by atoms with Gasteiger partial charge < -0.3 is 4.90 Å². The molecule has 1 aliphatic rings. The van der Waals surface area contributed by atoms with E-state index in [1.165, 1.54) is 12.0 Å². The summed E-state index contributed by atoms with van der Waals surface area (Å²) in [5.74, 6) is 0.114. The summed E-state index contributed by atoms with van der Waals surface area (Å²) in [6, 6.07) is 10.6. The van der Waals surface area contributed by atoms with Gasteiger partial charge in [0.1, 0.15) is 0 Å². The van der Waals surface area contributed by atoms with Crippen LogP contribution >= 0.6 is 0 Å². The number of amides is 1. The van der Waals surface area contributed by atoms with Crippen LogP contribution in [-0.4, -0.2) is 38.2 Å². The zero-order valence-electron chi connectivity index (χ0n) is 17.2. The van der Waals surface area contributed by atoms with Crippen LogP contribution in [-0.2, 0) is 7.05 Å². The maximum atomic E-state index is 13.6. The molecule has 1 fully saturated rings.